The van der Waals surface area contributed by atoms with Crippen molar-refractivity contribution < 1.29 is 9.53 Å². The number of carbonyl (C=O) groups is 1. The van der Waals surface area contributed by atoms with Gasteiger partial charge in [0.2, 0.25) is 5.91 Å². The second-order valence-electron chi connectivity index (χ2n) is 6.37. The number of thiophene rings is 1. The number of fused-ring (bicyclic) bond motifs is 1. The molecule has 1 amide bonds. The number of ether oxygens (including phenoxy) is 1. The Labute approximate surface area is 182 Å². The van der Waals surface area contributed by atoms with Gasteiger partial charge in [0.05, 0.1) is 29.0 Å². The van der Waals surface area contributed by atoms with Crippen molar-refractivity contribution in [1.29, 1.82) is 5.26 Å². The zero-order valence-electron chi connectivity index (χ0n) is 16.1. The molecule has 0 saturated heterocycles. The molecule has 5 nitrogen and oxygen atoms in total. The molecule has 30 heavy (non-hydrogen) atoms. The summed E-state index contributed by atoms with van der Waals surface area (Å²) in [6.07, 6.45) is 0. The molecule has 0 atom stereocenters. The Kier molecular flexibility index (Phi) is 5.98. The van der Waals surface area contributed by atoms with Crippen LogP contribution in [0.25, 0.3) is 22.0 Å². The molecule has 0 aliphatic heterocycles. The van der Waals surface area contributed by atoms with Crippen LogP contribution in [0.1, 0.15) is 5.56 Å². The van der Waals surface area contributed by atoms with E-state index in [0.29, 0.717) is 10.6 Å². The molecule has 7 heteroatoms. The van der Waals surface area contributed by atoms with Crippen molar-refractivity contribution in [1.82, 2.24) is 4.98 Å². The van der Waals surface area contributed by atoms with Crippen LogP contribution in [0.15, 0.2) is 71.1 Å². The third-order valence-corrected chi connectivity index (χ3v) is 6.21. The summed E-state index contributed by atoms with van der Waals surface area (Å²) in [5, 5.41) is 16.0. The molecule has 4 rings (SSSR count). The molecule has 4 aromatic rings. The number of thioether (sulfide) groups is 1. The lowest BCUT2D eigenvalue weighted by Crippen LogP contribution is -2.13. The van der Waals surface area contributed by atoms with Crippen molar-refractivity contribution in [3.05, 3.63) is 71.6 Å². The average molecular weight is 432 g/mol. The molecule has 0 spiro atoms. The molecular weight excluding hydrogens is 414 g/mol. The summed E-state index contributed by atoms with van der Waals surface area (Å²) in [4.78, 5) is 17.1. The fourth-order valence-corrected chi connectivity index (χ4v) is 4.51. The minimum atomic E-state index is -0.173. The maximum absolute atomic E-state index is 12.4. The Morgan fingerprint density at radius 2 is 2.03 bits per heavy atom. The summed E-state index contributed by atoms with van der Waals surface area (Å²) >= 11 is 2.70. The summed E-state index contributed by atoms with van der Waals surface area (Å²) in [5.41, 5.74) is 3.42. The predicted molar refractivity (Wildman–Crippen MR) is 122 cm³/mol. The van der Waals surface area contributed by atoms with Gasteiger partial charge in [-0.05, 0) is 40.8 Å². The fourth-order valence-electron chi connectivity index (χ4n) is 3.04. The number of benzene rings is 2. The van der Waals surface area contributed by atoms with E-state index in [1.165, 1.54) is 23.1 Å². The lowest BCUT2D eigenvalue weighted by Gasteiger charge is -2.11. The van der Waals surface area contributed by atoms with Crippen LogP contribution < -0.4 is 10.1 Å². The van der Waals surface area contributed by atoms with Crippen LogP contribution in [0, 0.1) is 11.3 Å². The Morgan fingerprint density at radius 1 is 1.20 bits per heavy atom. The highest BCUT2D eigenvalue weighted by atomic mass is 32.2. The van der Waals surface area contributed by atoms with Crippen LogP contribution in [0.2, 0.25) is 0 Å². The van der Waals surface area contributed by atoms with E-state index >= 15 is 0 Å². The first kappa shape index (κ1) is 20.0. The number of methoxy groups -OCH3 is 1. The number of nitriles is 1. The Morgan fingerprint density at radius 3 is 2.80 bits per heavy atom. The standard InChI is InChI=1S/C23H17N3O2S2/c1-28-17-7-8-18-19(15-5-3-2-4-6-15)12-22(25-20(18)11-17)30-14-21(27)26-23-16(13-24)9-10-29-23/h2-12H,14H2,1H3,(H,26,27). The molecule has 0 saturated carbocycles. The molecule has 0 bridgehead atoms. The smallest absolute Gasteiger partial charge is 0.235 e. The Balaban J connectivity index is 1.62. The van der Waals surface area contributed by atoms with Crippen molar-refractivity contribution in [2.45, 2.75) is 5.03 Å². The third-order valence-electron chi connectivity index (χ3n) is 4.47. The van der Waals surface area contributed by atoms with Gasteiger partial charge in [0.1, 0.15) is 16.8 Å². The minimum absolute atomic E-state index is 0.173. The Hall–Kier alpha value is -3.34. The van der Waals surface area contributed by atoms with Crippen LogP contribution in [-0.2, 0) is 4.79 Å². The van der Waals surface area contributed by atoms with Gasteiger partial charge in [0.15, 0.2) is 0 Å². The molecule has 0 radical (unpaired) electrons. The van der Waals surface area contributed by atoms with Gasteiger partial charge in [-0.1, -0.05) is 42.1 Å². The number of hydrogen-bond donors (Lipinski definition) is 1. The van der Waals surface area contributed by atoms with E-state index in [1.807, 2.05) is 42.5 Å². The second-order valence-corrected chi connectivity index (χ2v) is 8.28. The molecule has 0 aliphatic carbocycles. The molecular formula is C23H17N3O2S2. The molecule has 0 unspecified atom stereocenters. The molecule has 0 aliphatic rings. The summed E-state index contributed by atoms with van der Waals surface area (Å²) in [6.45, 7) is 0. The topological polar surface area (TPSA) is 75.0 Å². The van der Waals surface area contributed by atoms with Gasteiger partial charge in [-0.2, -0.15) is 5.26 Å². The summed E-state index contributed by atoms with van der Waals surface area (Å²) in [7, 11) is 1.63. The van der Waals surface area contributed by atoms with E-state index in [2.05, 4.69) is 23.5 Å². The monoisotopic (exact) mass is 431 g/mol. The molecule has 0 fully saturated rings. The van der Waals surface area contributed by atoms with Crippen molar-refractivity contribution in [3.8, 4) is 22.9 Å². The van der Waals surface area contributed by atoms with E-state index in [9.17, 15) is 4.79 Å². The third kappa shape index (κ3) is 4.30. The van der Waals surface area contributed by atoms with E-state index in [0.717, 1.165) is 32.8 Å². The summed E-state index contributed by atoms with van der Waals surface area (Å²) in [6, 6.07) is 21.7. The lowest BCUT2D eigenvalue weighted by atomic mass is 10.0. The van der Waals surface area contributed by atoms with Crippen molar-refractivity contribution in [2.24, 2.45) is 0 Å². The van der Waals surface area contributed by atoms with Gasteiger partial charge in [0, 0.05) is 11.5 Å². The molecule has 148 valence electrons. The lowest BCUT2D eigenvalue weighted by molar-refractivity contribution is -0.113. The molecule has 2 heterocycles. The van der Waals surface area contributed by atoms with Crippen LogP contribution >= 0.6 is 23.1 Å². The van der Waals surface area contributed by atoms with Crippen LogP contribution in [-0.4, -0.2) is 23.8 Å². The zero-order chi connectivity index (χ0) is 20.9. The molecule has 1 N–H and O–H groups in total. The van der Waals surface area contributed by atoms with E-state index in [-0.39, 0.29) is 11.7 Å². The number of rotatable bonds is 6. The molecule has 2 aromatic carbocycles. The number of anilines is 1. The van der Waals surface area contributed by atoms with Gasteiger partial charge in [0.25, 0.3) is 0 Å². The first-order valence-corrected chi connectivity index (χ1v) is 11.0. The number of amides is 1. The average Bonchev–Trinajstić information content (AvgIpc) is 3.24. The van der Waals surface area contributed by atoms with Crippen LogP contribution in [0.5, 0.6) is 5.75 Å². The predicted octanol–water partition coefficient (Wildman–Crippen LogP) is 5.57. The highest BCUT2D eigenvalue weighted by Gasteiger charge is 2.12. The number of nitrogens with one attached hydrogen (secondary N) is 1. The zero-order valence-corrected chi connectivity index (χ0v) is 17.7. The van der Waals surface area contributed by atoms with E-state index in [1.54, 1.807) is 18.6 Å². The van der Waals surface area contributed by atoms with Gasteiger partial charge in [-0.3, -0.25) is 4.79 Å². The van der Waals surface area contributed by atoms with E-state index < -0.39 is 0 Å². The quantitative estimate of drug-likeness (QED) is 0.404. The van der Waals surface area contributed by atoms with E-state index in [4.69, 9.17) is 15.0 Å². The number of hydrogen-bond acceptors (Lipinski definition) is 6. The second kappa shape index (κ2) is 8.99. The van der Waals surface area contributed by atoms with Crippen molar-refractivity contribution in [3.63, 3.8) is 0 Å². The SMILES string of the molecule is COc1ccc2c(-c3ccccc3)cc(SCC(=O)Nc3sccc3C#N)nc2c1. The van der Waals surface area contributed by atoms with Crippen molar-refractivity contribution >= 4 is 44.9 Å². The maximum Gasteiger partial charge on any atom is 0.235 e. The normalized spacial score (nSPS) is 10.5. The first-order valence-electron chi connectivity index (χ1n) is 9.12. The van der Waals surface area contributed by atoms with Crippen LogP contribution in [0.4, 0.5) is 5.00 Å². The number of pyridine rings is 1. The van der Waals surface area contributed by atoms with Gasteiger partial charge in [-0.25, -0.2) is 4.98 Å². The Bertz CT molecular complexity index is 1250. The molecule has 2 aromatic heterocycles. The maximum atomic E-state index is 12.4. The van der Waals surface area contributed by atoms with Crippen LogP contribution in [0.3, 0.4) is 0 Å². The highest BCUT2D eigenvalue weighted by molar-refractivity contribution is 7.99. The van der Waals surface area contributed by atoms with Gasteiger partial charge in [-0.15, -0.1) is 11.3 Å². The summed E-state index contributed by atoms with van der Waals surface area (Å²) in [5.74, 6) is 0.753. The minimum Gasteiger partial charge on any atom is -0.497 e. The number of aromatic nitrogens is 1. The number of carbonyl (C=O) groups excluding carboxylic acids is 1. The van der Waals surface area contributed by atoms with Gasteiger partial charge < -0.3 is 10.1 Å². The van der Waals surface area contributed by atoms with Gasteiger partial charge >= 0.3 is 0 Å². The summed E-state index contributed by atoms with van der Waals surface area (Å²) < 4.78 is 5.35. The van der Waals surface area contributed by atoms with Crippen molar-refractivity contribution in [2.75, 3.05) is 18.2 Å². The first-order chi connectivity index (χ1) is 14.7. The fraction of sp³-hybridized carbons (Fsp3) is 0.0870. The number of nitrogens with zero attached hydrogens (tertiary/aromatic N) is 2. The largest absolute Gasteiger partial charge is 0.497 e. The highest BCUT2D eigenvalue weighted by Crippen LogP contribution is 2.33.